The number of nitriles is 1. The quantitative estimate of drug-likeness (QED) is 0.579. The second-order valence-electron chi connectivity index (χ2n) is 7.33. The lowest BCUT2D eigenvalue weighted by Crippen LogP contribution is -2.46. The van der Waals surface area contributed by atoms with Gasteiger partial charge >= 0.3 is 5.97 Å². The topological polar surface area (TPSA) is 79.6 Å². The minimum Gasteiger partial charge on any atom is -0.465 e. The van der Waals surface area contributed by atoms with Gasteiger partial charge in [0.1, 0.15) is 0 Å². The van der Waals surface area contributed by atoms with Crippen LogP contribution in [0.15, 0.2) is 60.7 Å². The predicted octanol–water partition coefficient (Wildman–Crippen LogP) is 3.17. The molecule has 2 aromatic carbocycles. The molecule has 0 bridgehead atoms. The van der Waals surface area contributed by atoms with Crippen LogP contribution in [0, 0.1) is 16.7 Å². The first-order chi connectivity index (χ1) is 14.1. The lowest BCUT2D eigenvalue weighted by atomic mass is 9.70. The lowest BCUT2D eigenvalue weighted by molar-refractivity contribution is -0.164. The van der Waals surface area contributed by atoms with Crippen molar-refractivity contribution in [2.75, 3.05) is 13.2 Å². The number of carbonyl (C=O) groups excluding carboxylic acids is 2. The number of ether oxygens (including phenoxy) is 2. The maximum atomic E-state index is 13.8. The molecule has 1 unspecified atom stereocenters. The van der Waals surface area contributed by atoms with E-state index < -0.39 is 29.4 Å². The number of nitrogens with zero attached hydrogens (tertiary/aromatic N) is 2. The van der Waals surface area contributed by atoms with Crippen molar-refractivity contribution >= 4 is 11.9 Å². The summed E-state index contributed by atoms with van der Waals surface area (Å²) in [5.41, 5.74) is -0.0980. The maximum Gasteiger partial charge on any atom is 0.323 e. The summed E-state index contributed by atoms with van der Waals surface area (Å²) in [7, 11) is 0. The van der Waals surface area contributed by atoms with E-state index in [9.17, 15) is 14.9 Å². The van der Waals surface area contributed by atoms with Crippen molar-refractivity contribution in [2.24, 2.45) is 5.41 Å². The van der Waals surface area contributed by atoms with Gasteiger partial charge in [0.15, 0.2) is 11.6 Å². The van der Waals surface area contributed by atoms with Gasteiger partial charge in [0.25, 0.3) is 0 Å². The minimum absolute atomic E-state index is 0.143. The van der Waals surface area contributed by atoms with Gasteiger partial charge in [-0.25, -0.2) is 0 Å². The molecule has 2 aliphatic rings. The van der Waals surface area contributed by atoms with E-state index in [0.29, 0.717) is 12.2 Å². The Balaban J connectivity index is 1.78. The third-order valence-corrected chi connectivity index (χ3v) is 5.75. The Morgan fingerprint density at radius 1 is 1.24 bits per heavy atom. The molecule has 6 nitrogen and oxygen atoms in total. The van der Waals surface area contributed by atoms with Crippen LogP contribution in [0.3, 0.4) is 0 Å². The molecule has 4 atom stereocenters. The molecule has 0 aliphatic carbocycles. The number of esters is 1. The van der Waals surface area contributed by atoms with Crippen LogP contribution in [0.25, 0.3) is 0 Å². The van der Waals surface area contributed by atoms with Crippen molar-refractivity contribution in [3.63, 3.8) is 0 Å². The number of fused-ring (bicyclic) bond motifs is 1. The highest BCUT2D eigenvalue weighted by molar-refractivity contribution is 6.06. The molecule has 0 spiro atoms. The Hall–Kier alpha value is -3.17. The molecule has 0 radical (unpaired) electrons. The zero-order valence-electron chi connectivity index (χ0n) is 16.2. The molecule has 0 N–H and O–H groups in total. The van der Waals surface area contributed by atoms with Crippen molar-refractivity contribution in [1.82, 2.24) is 4.90 Å². The Bertz CT molecular complexity index is 940. The van der Waals surface area contributed by atoms with Crippen LogP contribution in [0.2, 0.25) is 0 Å². The van der Waals surface area contributed by atoms with Gasteiger partial charge in [-0.2, -0.15) is 5.26 Å². The van der Waals surface area contributed by atoms with Crippen LogP contribution < -0.4 is 0 Å². The summed E-state index contributed by atoms with van der Waals surface area (Å²) < 4.78 is 11.2. The largest absolute Gasteiger partial charge is 0.465 e. The first-order valence-electron chi connectivity index (χ1n) is 9.74. The van der Waals surface area contributed by atoms with E-state index in [1.54, 1.807) is 36.1 Å². The van der Waals surface area contributed by atoms with Gasteiger partial charge in [-0.05, 0) is 18.9 Å². The first kappa shape index (κ1) is 19.2. The molecule has 4 rings (SSSR count). The van der Waals surface area contributed by atoms with E-state index >= 15 is 0 Å². The molecule has 2 aliphatic heterocycles. The van der Waals surface area contributed by atoms with E-state index in [1.165, 1.54) is 0 Å². The molecule has 0 saturated carbocycles. The standard InChI is InChI=1S/C23H22N2O4/c1-2-28-22(27)23(19(14-24)16-9-5-3-6-10-16)13-18-15-29-20(25(18)21(23)26)17-11-7-4-8-12-17/h3-12,18-20H,2,13,15H2,1H3/t18-,19?,20+,23+/m0/s1. The van der Waals surface area contributed by atoms with E-state index in [1.807, 2.05) is 36.4 Å². The normalized spacial score (nSPS) is 26.6. The predicted molar refractivity (Wildman–Crippen MR) is 104 cm³/mol. The van der Waals surface area contributed by atoms with Gasteiger partial charge in [0.2, 0.25) is 5.91 Å². The zero-order chi connectivity index (χ0) is 20.4. The molecule has 2 fully saturated rings. The molecule has 1 amide bonds. The molecule has 6 heteroatoms. The second-order valence-corrected chi connectivity index (χ2v) is 7.33. The summed E-state index contributed by atoms with van der Waals surface area (Å²) >= 11 is 0. The van der Waals surface area contributed by atoms with Crippen LogP contribution in [-0.4, -0.2) is 36.0 Å². The van der Waals surface area contributed by atoms with Gasteiger partial charge in [0.05, 0.1) is 31.2 Å². The summed E-state index contributed by atoms with van der Waals surface area (Å²) in [5.74, 6) is -1.97. The average Bonchev–Trinajstić information content (AvgIpc) is 3.29. The fourth-order valence-corrected chi connectivity index (χ4v) is 4.45. The monoisotopic (exact) mass is 390 g/mol. The molecule has 2 aromatic rings. The lowest BCUT2D eigenvalue weighted by Gasteiger charge is -2.31. The van der Waals surface area contributed by atoms with Crippen molar-refractivity contribution in [2.45, 2.75) is 31.5 Å². The Kier molecular flexibility index (Phi) is 5.08. The molecule has 29 heavy (non-hydrogen) atoms. The van der Waals surface area contributed by atoms with Crippen LogP contribution in [0.1, 0.15) is 36.6 Å². The molecule has 148 valence electrons. The van der Waals surface area contributed by atoms with E-state index in [2.05, 4.69) is 6.07 Å². The van der Waals surface area contributed by atoms with Crippen LogP contribution in [-0.2, 0) is 19.1 Å². The Morgan fingerprint density at radius 3 is 2.52 bits per heavy atom. The summed E-state index contributed by atoms with van der Waals surface area (Å²) in [5, 5.41) is 10.0. The molecule has 2 heterocycles. The van der Waals surface area contributed by atoms with E-state index in [4.69, 9.17) is 9.47 Å². The number of hydrogen-bond donors (Lipinski definition) is 0. The Morgan fingerprint density at radius 2 is 1.90 bits per heavy atom. The zero-order valence-corrected chi connectivity index (χ0v) is 16.2. The van der Waals surface area contributed by atoms with Crippen LogP contribution in [0.5, 0.6) is 0 Å². The van der Waals surface area contributed by atoms with Gasteiger partial charge in [-0.1, -0.05) is 60.7 Å². The highest BCUT2D eigenvalue weighted by atomic mass is 16.5. The SMILES string of the molecule is CCOC(=O)[C@@]1(C(C#N)c2ccccc2)C[C@H]2CO[C@H](c3ccccc3)N2C1=O. The van der Waals surface area contributed by atoms with Gasteiger partial charge in [0, 0.05) is 5.56 Å². The average molecular weight is 390 g/mol. The van der Waals surface area contributed by atoms with Crippen molar-refractivity contribution < 1.29 is 19.1 Å². The highest BCUT2D eigenvalue weighted by Crippen LogP contribution is 2.52. The van der Waals surface area contributed by atoms with Crippen molar-refractivity contribution in [3.8, 4) is 6.07 Å². The van der Waals surface area contributed by atoms with Gasteiger partial charge in [-0.3, -0.25) is 9.59 Å². The fraction of sp³-hybridized carbons (Fsp3) is 0.348. The smallest absolute Gasteiger partial charge is 0.323 e. The van der Waals surface area contributed by atoms with Crippen molar-refractivity contribution in [3.05, 3.63) is 71.8 Å². The molecule has 2 saturated heterocycles. The van der Waals surface area contributed by atoms with Crippen LogP contribution in [0.4, 0.5) is 0 Å². The minimum atomic E-state index is -1.58. The van der Waals surface area contributed by atoms with Crippen LogP contribution >= 0.6 is 0 Å². The molecular formula is C23H22N2O4. The molecular weight excluding hydrogens is 368 g/mol. The third kappa shape index (κ3) is 2.99. The van der Waals surface area contributed by atoms with Gasteiger partial charge in [-0.15, -0.1) is 0 Å². The van der Waals surface area contributed by atoms with E-state index in [0.717, 1.165) is 5.56 Å². The number of hydrogen-bond acceptors (Lipinski definition) is 5. The summed E-state index contributed by atoms with van der Waals surface area (Å²) in [6, 6.07) is 20.4. The fourth-order valence-electron chi connectivity index (χ4n) is 4.45. The summed E-state index contributed by atoms with van der Waals surface area (Å²) in [6.45, 7) is 2.16. The number of benzene rings is 2. The summed E-state index contributed by atoms with van der Waals surface area (Å²) in [4.78, 5) is 28.6. The molecule has 0 aromatic heterocycles. The maximum absolute atomic E-state index is 13.8. The third-order valence-electron chi connectivity index (χ3n) is 5.75. The van der Waals surface area contributed by atoms with Gasteiger partial charge < -0.3 is 14.4 Å². The first-order valence-corrected chi connectivity index (χ1v) is 9.74. The number of carbonyl (C=O) groups is 2. The highest BCUT2D eigenvalue weighted by Gasteiger charge is 2.65. The Labute approximate surface area is 169 Å². The number of rotatable bonds is 5. The van der Waals surface area contributed by atoms with Crippen molar-refractivity contribution in [1.29, 1.82) is 5.26 Å². The second kappa shape index (κ2) is 7.69. The van der Waals surface area contributed by atoms with E-state index in [-0.39, 0.29) is 19.1 Å². The number of amides is 1. The summed E-state index contributed by atoms with van der Waals surface area (Å²) in [6.07, 6.45) is -0.374.